The Bertz CT molecular complexity index is 457. The summed E-state index contributed by atoms with van der Waals surface area (Å²) in [7, 11) is 4.77. The molecule has 0 fully saturated rings. The third-order valence-corrected chi connectivity index (χ3v) is 2.15. The topological polar surface area (TPSA) is 78.9 Å². The van der Waals surface area contributed by atoms with E-state index in [1.54, 1.807) is 19.0 Å². The van der Waals surface area contributed by atoms with Crippen molar-refractivity contribution in [2.24, 2.45) is 0 Å². The highest BCUT2D eigenvalue weighted by molar-refractivity contribution is 5.96. The van der Waals surface area contributed by atoms with Gasteiger partial charge in [-0.15, -0.1) is 0 Å². The van der Waals surface area contributed by atoms with Crippen molar-refractivity contribution in [1.82, 2.24) is 4.90 Å². The molecular formula is C12H16N2O4. The molecule has 0 saturated carbocycles. The lowest BCUT2D eigenvalue weighted by molar-refractivity contribution is -0.116. The SMILES string of the molecule is COC(=O)c1cc(NC(=O)CN(C)C)ccc1O. The van der Waals surface area contributed by atoms with Crippen LogP contribution in [0, 0.1) is 0 Å². The van der Waals surface area contributed by atoms with Gasteiger partial charge in [-0.25, -0.2) is 4.79 Å². The number of rotatable bonds is 4. The van der Waals surface area contributed by atoms with Gasteiger partial charge in [0.05, 0.1) is 13.7 Å². The minimum atomic E-state index is -0.656. The number of methoxy groups -OCH3 is 1. The Kier molecular flexibility index (Phi) is 4.67. The second kappa shape index (κ2) is 6.02. The van der Waals surface area contributed by atoms with Crippen molar-refractivity contribution in [3.63, 3.8) is 0 Å². The Morgan fingerprint density at radius 3 is 2.61 bits per heavy atom. The minimum Gasteiger partial charge on any atom is -0.507 e. The summed E-state index contributed by atoms with van der Waals surface area (Å²) >= 11 is 0. The van der Waals surface area contributed by atoms with Crippen LogP contribution in [-0.2, 0) is 9.53 Å². The number of hydrogen-bond acceptors (Lipinski definition) is 5. The molecule has 1 rings (SSSR count). The number of benzene rings is 1. The Morgan fingerprint density at radius 2 is 2.06 bits per heavy atom. The lowest BCUT2D eigenvalue weighted by Gasteiger charge is -2.11. The van der Waals surface area contributed by atoms with E-state index in [1.165, 1.54) is 25.3 Å². The number of phenols is 1. The summed E-state index contributed by atoms with van der Waals surface area (Å²) in [5.41, 5.74) is 0.445. The van der Waals surface area contributed by atoms with Crippen LogP contribution in [0.15, 0.2) is 18.2 Å². The third kappa shape index (κ3) is 3.74. The molecule has 0 aliphatic rings. The number of nitrogens with one attached hydrogen (secondary N) is 1. The molecule has 18 heavy (non-hydrogen) atoms. The van der Waals surface area contributed by atoms with Crippen molar-refractivity contribution in [3.05, 3.63) is 23.8 Å². The van der Waals surface area contributed by atoms with Gasteiger partial charge in [0.15, 0.2) is 0 Å². The quantitative estimate of drug-likeness (QED) is 0.608. The van der Waals surface area contributed by atoms with E-state index < -0.39 is 5.97 Å². The van der Waals surface area contributed by atoms with Crippen molar-refractivity contribution in [3.8, 4) is 5.75 Å². The maximum absolute atomic E-state index is 11.5. The van der Waals surface area contributed by atoms with Gasteiger partial charge in [-0.1, -0.05) is 0 Å². The monoisotopic (exact) mass is 252 g/mol. The molecule has 2 N–H and O–H groups in total. The zero-order valence-electron chi connectivity index (χ0n) is 10.6. The fourth-order valence-corrected chi connectivity index (χ4v) is 1.37. The molecule has 0 aromatic heterocycles. The van der Waals surface area contributed by atoms with Crippen LogP contribution in [-0.4, -0.2) is 49.6 Å². The van der Waals surface area contributed by atoms with E-state index in [2.05, 4.69) is 10.1 Å². The van der Waals surface area contributed by atoms with Crippen LogP contribution in [0.3, 0.4) is 0 Å². The minimum absolute atomic E-state index is 0.0140. The number of anilines is 1. The summed E-state index contributed by atoms with van der Waals surface area (Å²) < 4.78 is 4.52. The molecule has 6 nitrogen and oxygen atoms in total. The standard InChI is InChI=1S/C12H16N2O4/c1-14(2)7-11(16)13-8-4-5-10(15)9(6-8)12(17)18-3/h4-6,15H,7H2,1-3H3,(H,13,16). The summed E-state index contributed by atoms with van der Waals surface area (Å²) in [5.74, 6) is -1.05. The number of aromatic hydroxyl groups is 1. The molecule has 0 spiro atoms. The molecule has 1 aromatic rings. The fourth-order valence-electron chi connectivity index (χ4n) is 1.37. The molecule has 0 saturated heterocycles. The largest absolute Gasteiger partial charge is 0.507 e. The molecule has 0 unspecified atom stereocenters. The van der Waals surface area contributed by atoms with Crippen molar-refractivity contribution in [2.45, 2.75) is 0 Å². The second-order valence-corrected chi connectivity index (χ2v) is 4.01. The van der Waals surface area contributed by atoms with E-state index in [1.807, 2.05) is 0 Å². The van der Waals surface area contributed by atoms with Crippen molar-refractivity contribution >= 4 is 17.6 Å². The van der Waals surface area contributed by atoms with Gasteiger partial charge in [0.25, 0.3) is 0 Å². The van der Waals surface area contributed by atoms with E-state index in [0.717, 1.165) is 0 Å². The first-order valence-electron chi connectivity index (χ1n) is 5.30. The Hall–Kier alpha value is -2.08. The van der Waals surface area contributed by atoms with Crippen LogP contribution >= 0.6 is 0 Å². The summed E-state index contributed by atoms with van der Waals surface area (Å²) in [4.78, 5) is 24.6. The first-order valence-corrected chi connectivity index (χ1v) is 5.30. The smallest absolute Gasteiger partial charge is 0.341 e. The normalized spacial score (nSPS) is 10.2. The van der Waals surface area contributed by atoms with Gasteiger partial charge in [0.1, 0.15) is 11.3 Å². The highest BCUT2D eigenvalue weighted by Crippen LogP contribution is 2.22. The van der Waals surface area contributed by atoms with Gasteiger partial charge in [0, 0.05) is 5.69 Å². The first kappa shape index (κ1) is 14.0. The third-order valence-electron chi connectivity index (χ3n) is 2.15. The van der Waals surface area contributed by atoms with Crippen LogP contribution in [0.25, 0.3) is 0 Å². The van der Waals surface area contributed by atoms with Gasteiger partial charge >= 0.3 is 5.97 Å². The van der Waals surface area contributed by atoms with Crippen molar-refractivity contribution < 1.29 is 19.4 Å². The maximum atomic E-state index is 11.5. The van der Waals surface area contributed by atoms with Gasteiger partial charge in [0.2, 0.25) is 5.91 Å². The van der Waals surface area contributed by atoms with E-state index in [9.17, 15) is 14.7 Å². The van der Waals surface area contributed by atoms with E-state index in [-0.39, 0.29) is 23.8 Å². The van der Waals surface area contributed by atoms with Crippen LogP contribution in [0.2, 0.25) is 0 Å². The molecular weight excluding hydrogens is 236 g/mol. The number of carbonyl (C=O) groups excluding carboxylic acids is 2. The Balaban J connectivity index is 2.85. The van der Waals surface area contributed by atoms with Gasteiger partial charge < -0.3 is 20.1 Å². The van der Waals surface area contributed by atoms with E-state index >= 15 is 0 Å². The molecule has 98 valence electrons. The van der Waals surface area contributed by atoms with Crippen LogP contribution < -0.4 is 5.32 Å². The second-order valence-electron chi connectivity index (χ2n) is 4.01. The number of ether oxygens (including phenoxy) is 1. The first-order chi connectivity index (χ1) is 8.43. The van der Waals surface area contributed by atoms with E-state index in [0.29, 0.717) is 5.69 Å². The molecule has 0 aliphatic heterocycles. The van der Waals surface area contributed by atoms with Crippen LogP contribution in [0.4, 0.5) is 5.69 Å². The average Bonchev–Trinajstić information content (AvgIpc) is 2.29. The van der Waals surface area contributed by atoms with E-state index in [4.69, 9.17) is 0 Å². The predicted molar refractivity (Wildman–Crippen MR) is 66.6 cm³/mol. The lowest BCUT2D eigenvalue weighted by atomic mass is 10.2. The number of esters is 1. The summed E-state index contributed by atoms with van der Waals surface area (Å²) in [6, 6.07) is 4.21. The summed E-state index contributed by atoms with van der Waals surface area (Å²) in [6.45, 7) is 0.231. The molecule has 0 heterocycles. The highest BCUT2D eigenvalue weighted by atomic mass is 16.5. The van der Waals surface area contributed by atoms with Gasteiger partial charge in [-0.05, 0) is 32.3 Å². The Morgan fingerprint density at radius 1 is 1.39 bits per heavy atom. The number of hydrogen-bond donors (Lipinski definition) is 2. The molecule has 1 amide bonds. The molecule has 1 aromatic carbocycles. The summed E-state index contributed by atoms with van der Waals surface area (Å²) in [5, 5.41) is 12.1. The average molecular weight is 252 g/mol. The number of amides is 1. The predicted octanol–water partition coefficient (Wildman–Crippen LogP) is 0.679. The Labute approximate surface area is 105 Å². The van der Waals surface area contributed by atoms with Crippen LogP contribution in [0.5, 0.6) is 5.75 Å². The number of phenolic OH excluding ortho intramolecular Hbond substituents is 1. The molecule has 0 bridgehead atoms. The van der Waals surface area contributed by atoms with Crippen LogP contribution in [0.1, 0.15) is 10.4 Å². The van der Waals surface area contributed by atoms with Crippen molar-refractivity contribution in [1.29, 1.82) is 0 Å². The molecule has 0 atom stereocenters. The summed E-state index contributed by atoms with van der Waals surface area (Å²) in [6.07, 6.45) is 0. The maximum Gasteiger partial charge on any atom is 0.341 e. The number of likely N-dealkylation sites (N-methyl/N-ethyl adjacent to an activating group) is 1. The number of nitrogens with zero attached hydrogens (tertiary/aromatic N) is 1. The number of carbonyl (C=O) groups is 2. The van der Waals surface area contributed by atoms with Gasteiger partial charge in [-0.3, -0.25) is 4.79 Å². The lowest BCUT2D eigenvalue weighted by Crippen LogP contribution is -2.27. The molecule has 0 aliphatic carbocycles. The van der Waals surface area contributed by atoms with Crippen molar-refractivity contribution in [2.75, 3.05) is 33.1 Å². The zero-order chi connectivity index (χ0) is 13.7. The zero-order valence-corrected chi connectivity index (χ0v) is 10.6. The molecule has 6 heteroatoms. The fraction of sp³-hybridized carbons (Fsp3) is 0.333. The van der Waals surface area contributed by atoms with Gasteiger partial charge in [-0.2, -0.15) is 0 Å². The highest BCUT2D eigenvalue weighted by Gasteiger charge is 2.13. The molecule has 0 radical (unpaired) electrons.